The van der Waals surface area contributed by atoms with E-state index in [-0.39, 0.29) is 12.5 Å². The normalized spacial score (nSPS) is 11.0. The predicted octanol–water partition coefficient (Wildman–Crippen LogP) is 4.71. The molecule has 0 aliphatic rings. The maximum atomic E-state index is 11.9. The summed E-state index contributed by atoms with van der Waals surface area (Å²) in [5, 5.41) is 10.2. The molecule has 0 aliphatic carbocycles. The third-order valence-corrected chi connectivity index (χ3v) is 4.15. The Morgan fingerprint density at radius 3 is 2.68 bits per heavy atom. The molecule has 0 aromatic heterocycles. The molecule has 0 bridgehead atoms. The minimum atomic E-state index is -0.255. The number of rotatable bonds is 5. The number of amides is 1. The van der Waals surface area contributed by atoms with E-state index in [4.69, 9.17) is 23.2 Å². The average Bonchev–Trinajstić information content (AvgIpc) is 2.62. The van der Waals surface area contributed by atoms with E-state index in [0.717, 1.165) is 16.5 Å². The van der Waals surface area contributed by atoms with E-state index in [1.165, 1.54) is 6.21 Å². The lowest BCUT2D eigenvalue weighted by molar-refractivity contribution is -0.119. The molecule has 3 aromatic rings. The molecule has 1 amide bonds. The second-order valence-electron chi connectivity index (χ2n) is 5.34. The van der Waals surface area contributed by atoms with Gasteiger partial charge in [-0.15, -0.1) is 0 Å². The highest BCUT2D eigenvalue weighted by Gasteiger charge is 2.03. The molecule has 3 rings (SSSR count). The van der Waals surface area contributed by atoms with Crippen molar-refractivity contribution < 1.29 is 4.79 Å². The first-order valence-electron chi connectivity index (χ1n) is 7.62. The van der Waals surface area contributed by atoms with E-state index in [2.05, 4.69) is 15.8 Å². The highest BCUT2D eigenvalue weighted by atomic mass is 35.5. The third-order valence-electron chi connectivity index (χ3n) is 3.58. The van der Waals surface area contributed by atoms with Gasteiger partial charge in [0.25, 0.3) is 5.91 Å². The van der Waals surface area contributed by atoms with Crippen molar-refractivity contribution in [3.8, 4) is 0 Å². The molecule has 0 heterocycles. The van der Waals surface area contributed by atoms with Crippen molar-refractivity contribution in [3.63, 3.8) is 0 Å². The SMILES string of the molecule is O=C(CNc1cccc2ccccc12)NN=Cc1ccc(Cl)cc1Cl. The van der Waals surface area contributed by atoms with Crippen LogP contribution in [0.5, 0.6) is 0 Å². The second kappa shape index (κ2) is 8.01. The number of nitrogens with one attached hydrogen (secondary N) is 2. The van der Waals surface area contributed by atoms with Gasteiger partial charge in [0.1, 0.15) is 0 Å². The first-order chi connectivity index (χ1) is 12.1. The molecule has 2 N–H and O–H groups in total. The summed E-state index contributed by atoms with van der Waals surface area (Å²) in [6.07, 6.45) is 1.48. The lowest BCUT2D eigenvalue weighted by Crippen LogP contribution is -2.25. The molecule has 0 fully saturated rings. The van der Waals surface area contributed by atoms with Crippen LogP contribution in [-0.4, -0.2) is 18.7 Å². The van der Waals surface area contributed by atoms with Gasteiger partial charge in [-0.25, -0.2) is 5.43 Å². The number of carbonyl (C=O) groups excluding carboxylic acids is 1. The van der Waals surface area contributed by atoms with E-state index >= 15 is 0 Å². The van der Waals surface area contributed by atoms with E-state index < -0.39 is 0 Å². The van der Waals surface area contributed by atoms with Gasteiger partial charge in [0, 0.05) is 21.7 Å². The summed E-state index contributed by atoms with van der Waals surface area (Å²) in [6.45, 7) is 0.111. The monoisotopic (exact) mass is 371 g/mol. The molecule has 4 nitrogen and oxygen atoms in total. The quantitative estimate of drug-likeness (QED) is 0.504. The summed E-state index contributed by atoms with van der Waals surface area (Å²) in [4.78, 5) is 11.9. The minimum Gasteiger partial charge on any atom is -0.376 e. The molecule has 0 aliphatic heterocycles. The topological polar surface area (TPSA) is 53.5 Å². The molecule has 0 unspecified atom stereocenters. The largest absolute Gasteiger partial charge is 0.376 e. The van der Waals surface area contributed by atoms with Crippen molar-refractivity contribution in [1.82, 2.24) is 5.43 Å². The highest BCUT2D eigenvalue weighted by Crippen LogP contribution is 2.22. The van der Waals surface area contributed by atoms with Crippen LogP contribution in [0.15, 0.2) is 65.8 Å². The van der Waals surface area contributed by atoms with Crippen LogP contribution in [0.3, 0.4) is 0 Å². The maximum Gasteiger partial charge on any atom is 0.259 e. The molecule has 0 saturated carbocycles. The van der Waals surface area contributed by atoms with Gasteiger partial charge in [0.15, 0.2) is 0 Å². The lowest BCUT2D eigenvalue weighted by atomic mass is 10.1. The zero-order chi connectivity index (χ0) is 17.6. The Morgan fingerprint density at radius 2 is 1.84 bits per heavy atom. The van der Waals surface area contributed by atoms with E-state index in [0.29, 0.717) is 15.6 Å². The van der Waals surface area contributed by atoms with Gasteiger partial charge in [0.05, 0.1) is 17.8 Å². The summed E-state index contributed by atoms with van der Waals surface area (Å²) in [5.74, 6) is -0.255. The number of hydrazone groups is 1. The van der Waals surface area contributed by atoms with Gasteiger partial charge in [-0.2, -0.15) is 5.10 Å². The Morgan fingerprint density at radius 1 is 1.04 bits per heavy atom. The second-order valence-corrected chi connectivity index (χ2v) is 6.18. The van der Waals surface area contributed by atoms with E-state index in [9.17, 15) is 4.79 Å². The number of nitrogens with zero attached hydrogens (tertiary/aromatic N) is 1. The summed E-state index contributed by atoms with van der Waals surface area (Å²) >= 11 is 11.9. The standard InChI is InChI=1S/C19H15Cl2N3O/c20-15-9-8-14(17(21)10-15)11-23-24-19(25)12-22-18-7-3-5-13-4-1-2-6-16(13)18/h1-11,22H,12H2,(H,24,25). The van der Waals surface area contributed by atoms with Crippen molar-refractivity contribution in [3.05, 3.63) is 76.3 Å². The average molecular weight is 372 g/mol. The van der Waals surface area contributed by atoms with Crippen LogP contribution >= 0.6 is 23.2 Å². The zero-order valence-corrected chi connectivity index (χ0v) is 14.7. The Bertz CT molecular complexity index is 936. The van der Waals surface area contributed by atoms with Gasteiger partial charge in [0.2, 0.25) is 0 Å². The number of hydrogen-bond donors (Lipinski definition) is 2. The number of benzene rings is 3. The molecule has 0 spiro atoms. The zero-order valence-electron chi connectivity index (χ0n) is 13.2. The maximum absolute atomic E-state index is 11.9. The summed E-state index contributed by atoms with van der Waals surface area (Å²) < 4.78 is 0. The molecular formula is C19H15Cl2N3O. The molecule has 25 heavy (non-hydrogen) atoms. The molecule has 126 valence electrons. The fourth-order valence-electron chi connectivity index (χ4n) is 2.37. The smallest absolute Gasteiger partial charge is 0.259 e. The van der Waals surface area contributed by atoms with E-state index in [1.54, 1.807) is 18.2 Å². The molecular weight excluding hydrogens is 357 g/mol. The van der Waals surface area contributed by atoms with E-state index in [1.807, 2.05) is 42.5 Å². The first-order valence-corrected chi connectivity index (χ1v) is 8.38. The van der Waals surface area contributed by atoms with Crippen molar-refractivity contribution in [2.45, 2.75) is 0 Å². The van der Waals surface area contributed by atoms with Crippen LogP contribution < -0.4 is 10.7 Å². The molecule has 0 atom stereocenters. The Balaban J connectivity index is 1.58. The van der Waals surface area contributed by atoms with Crippen molar-refractivity contribution in [1.29, 1.82) is 0 Å². The van der Waals surface area contributed by atoms with Crippen LogP contribution in [0.2, 0.25) is 10.0 Å². The van der Waals surface area contributed by atoms with Crippen LogP contribution in [-0.2, 0) is 4.79 Å². The molecule has 6 heteroatoms. The van der Waals surface area contributed by atoms with Gasteiger partial charge in [-0.1, -0.05) is 65.7 Å². The first kappa shape index (κ1) is 17.3. The Labute approximate surface area is 155 Å². The summed E-state index contributed by atoms with van der Waals surface area (Å²) in [6, 6.07) is 19.0. The number of halogens is 2. The van der Waals surface area contributed by atoms with Gasteiger partial charge >= 0.3 is 0 Å². The number of hydrogen-bond acceptors (Lipinski definition) is 3. The van der Waals surface area contributed by atoms with Gasteiger partial charge < -0.3 is 5.32 Å². The van der Waals surface area contributed by atoms with Crippen molar-refractivity contribution in [2.24, 2.45) is 5.10 Å². The fraction of sp³-hybridized carbons (Fsp3) is 0.0526. The number of carbonyl (C=O) groups is 1. The van der Waals surface area contributed by atoms with Gasteiger partial charge in [-0.3, -0.25) is 4.79 Å². The molecule has 3 aromatic carbocycles. The lowest BCUT2D eigenvalue weighted by Gasteiger charge is -2.08. The molecule has 0 saturated heterocycles. The van der Waals surface area contributed by atoms with Crippen molar-refractivity contribution >= 4 is 51.8 Å². The minimum absolute atomic E-state index is 0.111. The van der Waals surface area contributed by atoms with Crippen LogP contribution in [0.25, 0.3) is 10.8 Å². The predicted molar refractivity (Wildman–Crippen MR) is 105 cm³/mol. The Hall–Kier alpha value is -2.56. The number of fused-ring (bicyclic) bond motifs is 1. The molecule has 0 radical (unpaired) electrons. The fourth-order valence-corrected chi connectivity index (χ4v) is 2.83. The van der Waals surface area contributed by atoms with Crippen LogP contribution in [0.4, 0.5) is 5.69 Å². The van der Waals surface area contributed by atoms with Crippen LogP contribution in [0.1, 0.15) is 5.56 Å². The summed E-state index contributed by atoms with van der Waals surface area (Å²) in [7, 11) is 0. The van der Waals surface area contributed by atoms with Gasteiger partial charge in [-0.05, 0) is 23.6 Å². The number of anilines is 1. The Kier molecular flexibility index (Phi) is 5.53. The van der Waals surface area contributed by atoms with Crippen molar-refractivity contribution in [2.75, 3.05) is 11.9 Å². The third kappa shape index (κ3) is 4.50. The van der Waals surface area contributed by atoms with Crippen LogP contribution in [0, 0.1) is 0 Å². The highest BCUT2D eigenvalue weighted by molar-refractivity contribution is 6.36. The summed E-state index contributed by atoms with van der Waals surface area (Å²) in [5.41, 5.74) is 4.04.